The standard InChI is InChI=1S/C18H24N2O2S/c21-16-4-7-18(20(16)11-14-2-3-14)6-1-8-19(13-18)17(22)10-15-5-9-23-12-15/h5,9,12,14H,1-4,6-8,10-11,13H2/t18-/m0/s1. The Kier molecular flexibility index (Phi) is 3.92. The first-order chi connectivity index (χ1) is 11.2. The summed E-state index contributed by atoms with van der Waals surface area (Å²) in [4.78, 5) is 29.2. The Balaban J connectivity index is 1.46. The van der Waals surface area contributed by atoms with Crippen LogP contribution in [0.15, 0.2) is 16.8 Å². The Labute approximate surface area is 141 Å². The van der Waals surface area contributed by atoms with Crippen LogP contribution >= 0.6 is 11.3 Å². The maximum Gasteiger partial charge on any atom is 0.227 e. The van der Waals surface area contributed by atoms with Gasteiger partial charge in [0.2, 0.25) is 11.8 Å². The second kappa shape index (κ2) is 5.93. The molecule has 23 heavy (non-hydrogen) atoms. The van der Waals surface area contributed by atoms with Gasteiger partial charge in [0, 0.05) is 26.1 Å². The third kappa shape index (κ3) is 3.03. The molecular formula is C18H24N2O2S. The summed E-state index contributed by atoms with van der Waals surface area (Å²) >= 11 is 1.64. The average molecular weight is 332 g/mol. The highest BCUT2D eigenvalue weighted by atomic mass is 32.1. The minimum atomic E-state index is -0.0672. The second-order valence-electron chi connectivity index (χ2n) is 7.40. The van der Waals surface area contributed by atoms with Gasteiger partial charge >= 0.3 is 0 Å². The summed E-state index contributed by atoms with van der Waals surface area (Å²) in [5, 5.41) is 4.07. The van der Waals surface area contributed by atoms with Crippen molar-refractivity contribution in [2.45, 2.75) is 50.5 Å². The van der Waals surface area contributed by atoms with Crippen molar-refractivity contribution < 1.29 is 9.59 Å². The topological polar surface area (TPSA) is 40.6 Å². The van der Waals surface area contributed by atoms with E-state index in [0.29, 0.717) is 24.7 Å². The fraction of sp³-hybridized carbons (Fsp3) is 0.667. The number of piperidine rings is 1. The van der Waals surface area contributed by atoms with E-state index in [-0.39, 0.29) is 11.4 Å². The minimum absolute atomic E-state index is 0.0672. The van der Waals surface area contributed by atoms with E-state index >= 15 is 0 Å². The highest BCUT2D eigenvalue weighted by Crippen LogP contribution is 2.41. The summed E-state index contributed by atoms with van der Waals surface area (Å²) in [7, 11) is 0. The van der Waals surface area contributed by atoms with Crippen molar-refractivity contribution in [2.75, 3.05) is 19.6 Å². The van der Waals surface area contributed by atoms with E-state index in [9.17, 15) is 9.59 Å². The van der Waals surface area contributed by atoms with E-state index in [1.165, 1.54) is 12.8 Å². The number of amides is 2. The van der Waals surface area contributed by atoms with Crippen LogP contribution in [0, 0.1) is 5.92 Å². The molecule has 124 valence electrons. The van der Waals surface area contributed by atoms with Gasteiger partial charge in [-0.15, -0.1) is 0 Å². The third-order valence-electron chi connectivity index (χ3n) is 5.66. The Bertz CT molecular complexity index is 596. The van der Waals surface area contributed by atoms with Gasteiger partial charge in [-0.05, 0) is 60.4 Å². The van der Waals surface area contributed by atoms with Gasteiger partial charge in [0.1, 0.15) is 0 Å². The summed E-state index contributed by atoms with van der Waals surface area (Å²) in [6.07, 6.45) is 6.70. The molecule has 2 amide bonds. The lowest BCUT2D eigenvalue weighted by molar-refractivity contribution is -0.140. The van der Waals surface area contributed by atoms with Crippen LogP contribution < -0.4 is 0 Å². The fourth-order valence-electron chi connectivity index (χ4n) is 4.16. The van der Waals surface area contributed by atoms with Crippen LogP contribution in [0.3, 0.4) is 0 Å². The lowest BCUT2D eigenvalue weighted by Crippen LogP contribution is -2.58. The lowest BCUT2D eigenvalue weighted by Gasteiger charge is -2.46. The molecule has 1 aliphatic carbocycles. The fourth-order valence-corrected chi connectivity index (χ4v) is 4.83. The van der Waals surface area contributed by atoms with Gasteiger partial charge in [-0.2, -0.15) is 11.3 Å². The van der Waals surface area contributed by atoms with E-state index in [0.717, 1.165) is 44.5 Å². The highest BCUT2D eigenvalue weighted by Gasteiger charge is 2.49. The molecule has 5 heteroatoms. The summed E-state index contributed by atoms with van der Waals surface area (Å²) in [5.74, 6) is 1.24. The molecule has 1 aromatic heterocycles. The van der Waals surface area contributed by atoms with Gasteiger partial charge in [-0.1, -0.05) is 0 Å². The zero-order valence-corrected chi connectivity index (χ0v) is 14.3. The van der Waals surface area contributed by atoms with Gasteiger partial charge in [-0.3, -0.25) is 9.59 Å². The number of carbonyl (C=O) groups excluding carboxylic acids is 2. The molecule has 3 heterocycles. The van der Waals surface area contributed by atoms with Gasteiger partial charge in [0.05, 0.1) is 12.0 Å². The molecule has 1 aromatic rings. The molecular weight excluding hydrogens is 308 g/mol. The SMILES string of the molecule is O=C(Cc1ccsc1)N1CCC[C@]2(CCC(=O)N2CC2CC2)C1. The molecule has 0 radical (unpaired) electrons. The number of rotatable bonds is 4. The molecule has 0 unspecified atom stereocenters. The molecule has 3 aliphatic rings. The molecule has 4 nitrogen and oxygen atoms in total. The molecule has 3 fully saturated rings. The van der Waals surface area contributed by atoms with Crippen molar-refractivity contribution in [1.82, 2.24) is 9.80 Å². The van der Waals surface area contributed by atoms with E-state index < -0.39 is 0 Å². The predicted octanol–water partition coefficient (Wildman–Crippen LogP) is 2.68. The summed E-state index contributed by atoms with van der Waals surface area (Å²) in [6, 6.07) is 2.03. The van der Waals surface area contributed by atoms with Crippen molar-refractivity contribution in [2.24, 2.45) is 5.92 Å². The monoisotopic (exact) mass is 332 g/mol. The number of hydrogen-bond acceptors (Lipinski definition) is 3. The Hall–Kier alpha value is -1.36. The number of thiophene rings is 1. The number of likely N-dealkylation sites (tertiary alicyclic amines) is 2. The zero-order valence-electron chi connectivity index (χ0n) is 13.5. The normalized spacial score (nSPS) is 27.9. The first-order valence-electron chi connectivity index (χ1n) is 8.76. The molecule has 2 aliphatic heterocycles. The van der Waals surface area contributed by atoms with Crippen molar-refractivity contribution in [3.05, 3.63) is 22.4 Å². The molecule has 1 saturated carbocycles. The molecule has 4 rings (SSSR count). The zero-order chi connectivity index (χ0) is 15.9. The molecule has 1 spiro atoms. The number of hydrogen-bond donors (Lipinski definition) is 0. The van der Waals surface area contributed by atoms with Gasteiger partial charge in [-0.25, -0.2) is 0 Å². The van der Waals surface area contributed by atoms with Crippen molar-refractivity contribution in [1.29, 1.82) is 0 Å². The van der Waals surface area contributed by atoms with Gasteiger partial charge < -0.3 is 9.80 Å². The largest absolute Gasteiger partial charge is 0.340 e. The van der Waals surface area contributed by atoms with Gasteiger partial charge in [0.25, 0.3) is 0 Å². The first kappa shape index (κ1) is 15.2. The van der Waals surface area contributed by atoms with Crippen molar-refractivity contribution in [3.63, 3.8) is 0 Å². The molecule has 0 bridgehead atoms. The second-order valence-corrected chi connectivity index (χ2v) is 8.18. The van der Waals surface area contributed by atoms with Crippen molar-refractivity contribution >= 4 is 23.2 Å². The predicted molar refractivity (Wildman–Crippen MR) is 90.2 cm³/mol. The maximum absolute atomic E-state index is 12.7. The molecule has 2 saturated heterocycles. The van der Waals surface area contributed by atoms with Crippen LogP contribution in [0.1, 0.15) is 44.1 Å². The molecule has 0 N–H and O–H groups in total. The van der Waals surface area contributed by atoms with Gasteiger partial charge in [0.15, 0.2) is 0 Å². The Morgan fingerprint density at radius 1 is 1.35 bits per heavy atom. The number of carbonyl (C=O) groups is 2. The van der Waals surface area contributed by atoms with Crippen LogP contribution in [0.25, 0.3) is 0 Å². The van der Waals surface area contributed by atoms with Crippen LogP contribution in [-0.2, 0) is 16.0 Å². The quantitative estimate of drug-likeness (QED) is 0.850. The Morgan fingerprint density at radius 3 is 2.96 bits per heavy atom. The molecule has 1 atom stereocenters. The van der Waals surface area contributed by atoms with E-state index in [1.54, 1.807) is 11.3 Å². The molecule has 0 aromatic carbocycles. The van der Waals surface area contributed by atoms with Crippen LogP contribution in [0.5, 0.6) is 0 Å². The van der Waals surface area contributed by atoms with E-state index in [1.807, 2.05) is 16.3 Å². The summed E-state index contributed by atoms with van der Waals surface area (Å²) in [6.45, 7) is 2.51. The highest BCUT2D eigenvalue weighted by molar-refractivity contribution is 7.08. The van der Waals surface area contributed by atoms with Crippen LogP contribution in [0.4, 0.5) is 0 Å². The average Bonchev–Trinajstić information content (AvgIpc) is 3.16. The maximum atomic E-state index is 12.7. The van der Waals surface area contributed by atoms with Crippen molar-refractivity contribution in [3.8, 4) is 0 Å². The number of nitrogens with zero attached hydrogens (tertiary/aromatic N) is 2. The lowest BCUT2D eigenvalue weighted by atomic mass is 9.86. The Morgan fingerprint density at radius 2 is 2.22 bits per heavy atom. The van der Waals surface area contributed by atoms with E-state index in [4.69, 9.17) is 0 Å². The van der Waals surface area contributed by atoms with E-state index in [2.05, 4.69) is 10.3 Å². The smallest absolute Gasteiger partial charge is 0.227 e. The first-order valence-corrected chi connectivity index (χ1v) is 9.70. The van der Waals surface area contributed by atoms with Crippen LogP contribution in [-0.4, -0.2) is 46.8 Å². The third-order valence-corrected chi connectivity index (χ3v) is 6.39. The van der Waals surface area contributed by atoms with Crippen LogP contribution in [0.2, 0.25) is 0 Å². The summed E-state index contributed by atoms with van der Waals surface area (Å²) < 4.78 is 0. The minimum Gasteiger partial charge on any atom is -0.340 e. The summed E-state index contributed by atoms with van der Waals surface area (Å²) in [5.41, 5.74) is 1.04.